The zero-order chi connectivity index (χ0) is 15.8. The van der Waals surface area contributed by atoms with Crippen LogP contribution in [0.1, 0.15) is 23.5 Å². The lowest BCUT2D eigenvalue weighted by Crippen LogP contribution is -2.31. The quantitative estimate of drug-likeness (QED) is 0.678. The highest BCUT2D eigenvalue weighted by molar-refractivity contribution is 5.85. The molecule has 0 amide bonds. The van der Waals surface area contributed by atoms with Crippen LogP contribution in [0.25, 0.3) is 11.0 Å². The predicted octanol–water partition coefficient (Wildman–Crippen LogP) is 3.68. The summed E-state index contributed by atoms with van der Waals surface area (Å²) in [5.41, 5.74) is 1.81. The minimum atomic E-state index is -0.391. The van der Waals surface area contributed by atoms with Gasteiger partial charge in [-0.05, 0) is 17.7 Å². The largest absolute Gasteiger partial charge is 0.464 e. The molecule has 2 atom stereocenters. The monoisotopic (exact) mass is 308 g/mol. The van der Waals surface area contributed by atoms with Crippen LogP contribution in [-0.2, 0) is 4.74 Å². The first-order chi connectivity index (χ1) is 11.3. The molecule has 0 saturated carbocycles. The van der Waals surface area contributed by atoms with Gasteiger partial charge in [0.25, 0.3) is 0 Å². The smallest absolute Gasteiger partial charge is 0.343 e. The molecule has 0 spiro atoms. The molecule has 0 bridgehead atoms. The average molecular weight is 308 g/mol. The van der Waals surface area contributed by atoms with Crippen LogP contribution >= 0.6 is 0 Å². The molecule has 1 aliphatic heterocycles. The van der Waals surface area contributed by atoms with Crippen molar-refractivity contribution in [1.82, 2.24) is 0 Å². The van der Waals surface area contributed by atoms with Crippen LogP contribution < -0.4 is 10.4 Å². The molecule has 0 aliphatic carbocycles. The summed E-state index contributed by atoms with van der Waals surface area (Å²) in [4.78, 5) is 12.6. The zero-order valence-corrected chi connectivity index (χ0v) is 12.7. The van der Waals surface area contributed by atoms with E-state index in [9.17, 15) is 4.79 Å². The fraction of sp³-hybridized carbons (Fsp3) is 0.211. The lowest BCUT2D eigenvalue weighted by Gasteiger charge is -2.31. The Kier molecular flexibility index (Phi) is 3.39. The maximum Gasteiger partial charge on any atom is 0.343 e. The summed E-state index contributed by atoms with van der Waals surface area (Å²) >= 11 is 0. The molecule has 4 nitrogen and oxygen atoms in total. The third kappa shape index (κ3) is 2.32. The molecule has 0 N–H and O–H groups in total. The van der Waals surface area contributed by atoms with Crippen LogP contribution in [-0.4, -0.2) is 13.4 Å². The van der Waals surface area contributed by atoms with Crippen LogP contribution in [0.15, 0.2) is 63.8 Å². The highest BCUT2D eigenvalue weighted by Gasteiger charge is 2.34. The number of fused-ring (bicyclic) bond motifs is 3. The Morgan fingerprint density at radius 3 is 2.57 bits per heavy atom. The van der Waals surface area contributed by atoms with Crippen LogP contribution in [0.2, 0.25) is 0 Å². The third-order valence-corrected chi connectivity index (χ3v) is 4.29. The maximum absolute atomic E-state index is 12.6. The van der Waals surface area contributed by atoms with Crippen molar-refractivity contribution in [2.75, 3.05) is 7.11 Å². The predicted molar refractivity (Wildman–Crippen MR) is 86.8 cm³/mol. The van der Waals surface area contributed by atoms with Crippen molar-refractivity contribution in [3.8, 4) is 5.75 Å². The molecule has 0 saturated heterocycles. The molecule has 0 unspecified atom stereocenters. The van der Waals surface area contributed by atoms with Gasteiger partial charge in [-0.3, -0.25) is 0 Å². The summed E-state index contributed by atoms with van der Waals surface area (Å²) < 4.78 is 16.9. The Labute approximate surface area is 133 Å². The van der Waals surface area contributed by atoms with Crippen LogP contribution in [0, 0.1) is 0 Å². The van der Waals surface area contributed by atoms with Gasteiger partial charge in [-0.25, -0.2) is 4.79 Å². The fourth-order valence-corrected chi connectivity index (χ4v) is 3.19. The van der Waals surface area contributed by atoms with Gasteiger partial charge in [0, 0.05) is 19.4 Å². The molecule has 0 fully saturated rings. The Morgan fingerprint density at radius 2 is 1.78 bits per heavy atom. The van der Waals surface area contributed by atoms with E-state index in [0.717, 1.165) is 10.9 Å². The molecule has 4 heteroatoms. The number of hydrogen-bond donors (Lipinski definition) is 0. The number of ether oxygens (including phenoxy) is 2. The first kappa shape index (κ1) is 14.0. The fourth-order valence-electron chi connectivity index (χ4n) is 3.19. The molecule has 116 valence electrons. The second-order valence-corrected chi connectivity index (χ2v) is 5.61. The van der Waals surface area contributed by atoms with E-state index in [0.29, 0.717) is 23.3 Å². The highest BCUT2D eigenvalue weighted by Crippen LogP contribution is 2.42. The van der Waals surface area contributed by atoms with E-state index in [1.165, 1.54) is 0 Å². The van der Waals surface area contributed by atoms with Crippen LogP contribution in [0.5, 0.6) is 5.75 Å². The summed E-state index contributed by atoms with van der Waals surface area (Å²) in [6.07, 6.45) is 0.189. The van der Waals surface area contributed by atoms with Gasteiger partial charge in [0.1, 0.15) is 11.3 Å². The third-order valence-electron chi connectivity index (χ3n) is 4.29. The first-order valence-corrected chi connectivity index (χ1v) is 7.58. The topological polar surface area (TPSA) is 48.7 Å². The van der Waals surface area contributed by atoms with Gasteiger partial charge < -0.3 is 13.9 Å². The van der Waals surface area contributed by atoms with E-state index in [-0.39, 0.29) is 11.5 Å². The molecule has 4 rings (SSSR count). The van der Waals surface area contributed by atoms with E-state index in [1.54, 1.807) is 13.2 Å². The van der Waals surface area contributed by atoms with Gasteiger partial charge in [-0.1, -0.05) is 42.5 Å². The van der Waals surface area contributed by atoms with Crippen molar-refractivity contribution in [1.29, 1.82) is 0 Å². The minimum absolute atomic E-state index is 0.106. The molecule has 2 heterocycles. The first-order valence-electron chi connectivity index (χ1n) is 7.58. The van der Waals surface area contributed by atoms with Gasteiger partial charge in [0.05, 0.1) is 10.9 Å². The number of benzene rings is 2. The second-order valence-electron chi connectivity index (χ2n) is 5.61. The van der Waals surface area contributed by atoms with Gasteiger partial charge in [-0.15, -0.1) is 0 Å². The SMILES string of the molecule is CO[C@@H]1C[C@@H](c2ccccc2)c2c(c3ccccc3oc2=O)O1. The summed E-state index contributed by atoms with van der Waals surface area (Å²) in [6, 6.07) is 17.3. The Bertz CT molecular complexity index is 898. The molecule has 1 aliphatic rings. The summed E-state index contributed by atoms with van der Waals surface area (Å²) in [5, 5.41) is 0.796. The summed E-state index contributed by atoms with van der Waals surface area (Å²) in [5.74, 6) is 0.467. The molecule has 1 aromatic heterocycles. The van der Waals surface area contributed by atoms with E-state index < -0.39 is 6.29 Å². The number of methoxy groups -OCH3 is 1. The van der Waals surface area contributed by atoms with E-state index in [2.05, 4.69) is 0 Å². The average Bonchev–Trinajstić information content (AvgIpc) is 2.61. The summed E-state index contributed by atoms with van der Waals surface area (Å²) in [6.45, 7) is 0. The molecular weight excluding hydrogens is 292 g/mol. The van der Waals surface area contributed by atoms with Crippen molar-refractivity contribution in [3.63, 3.8) is 0 Å². The van der Waals surface area contributed by atoms with Gasteiger partial charge >= 0.3 is 5.63 Å². The Morgan fingerprint density at radius 1 is 1.04 bits per heavy atom. The number of para-hydroxylation sites is 1. The zero-order valence-electron chi connectivity index (χ0n) is 12.7. The van der Waals surface area contributed by atoms with Gasteiger partial charge in [0.15, 0.2) is 0 Å². The molecule has 0 radical (unpaired) electrons. The van der Waals surface area contributed by atoms with E-state index in [1.807, 2.05) is 48.5 Å². The van der Waals surface area contributed by atoms with Crippen molar-refractivity contribution in [2.24, 2.45) is 0 Å². The number of rotatable bonds is 2. The second kappa shape index (κ2) is 5.56. The van der Waals surface area contributed by atoms with Crippen molar-refractivity contribution < 1.29 is 13.9 Å². The van der Waals surface area contributed by atoms with E-state index in [4.69, 9.17) is 13.9 Å². The highest BCUT2D eigenvalue weighted by atomic mass is 16.7. The molecule has 23 heavy (non-hydrogen) atoms. The minimum Gasteiger partial charge on any atom is -0.464 e. The van der Waals surface area contributed by atoms with E-state index >= 15 is 0 Å². The van der Waals surface area contributed by atoms with Crippen molar-refractivity contribution in [2.45, 2.75) is 18.6 Å². The van der Waals surface area contributed by atoms with Crippen molar-refractivity contribution in [3.05, 3.63) is 76.1 Å². The van der Waals surface area contributed by atoms with Crippen LogP contribution in [0.3, 0.4) is 0 Å². The molecular formula is C19H16O4. The standard InChI is InChI=1S/C19H16O4/c1-21-16-11-14(12-7-3-2-4-8-12)17-18(23-16)13-9-5-6-10-15(13)22-19(17)20/h2-10,14,16H,11H2,1H3/t14-,16-/m0/s1. The Hall–Kier alpha value is -2.59. The number of hydrogen-bond acceptors (Lipinski definition) is 4. The summed E-state index contributed by atoms with van der Waals surface area (Å²) in [7, 11) is 1.62. The van der Waals surface area contributed by atoms with Gasteiger partial charge in [0.2, 0.25) is 6.29 Å². The lowest BCUT2D eigenvalue weighted by atomic mass is 9.86. The van der Waals surface area contributed by atoms with Crippen LogP contribution in [0.4, 0.5) is 0 Å². The normalized spacial score (nSPS) is 20.0. The maximum atomic E-state index is 12.6. The molecule has 2 aromatic carbocycles. The Balaban J connectivity index is 1.99. The molecule has 3 aromatic rings. The lowest BCUT2D eigenvalue weighted by molar-refractivity contribution is -0.0685. The van der Waals surface area contributed by atoms with Crippen molar-refractivity contribution >= 4 is 11.0 Å². The van der Waals surface area contributed by atoms with Gasteiger partial charge in [-0.2, -0.15) is 0 Å².